The summed E-state index contributed by atoms with van der Waals surface area (Å²) in [5.74, 6) is -0.0547. The number of rotatable bonds is 6. The van der Waals surface area contributed by atoms with Crippen molar-refractivity contribution in [2.75, 3.05) is 23.4 Å². The smallest absolute Gasteiger partial charge is 0.366 e. The van der Waals surface area contributed by atoms with Gasteiger partial charge in [0.05, 0.1) is 0 Å². The molecule has 0 bridgehead atoms. The Kier molecular flexibility index (Phi) is 5.43. The molecule has 2 heterocycles. The quantitative estimate of drug-likeness (QED) is 0.480. The van der Waals surface area contributed by atoms with E-state index >= 15 is 0 Å². The standard InChI is InChI=1S/C21H16N4O6/c26-19(22-14-6-8-16(9-7-14)31-15-4-2-1-3-5-15)12-24-20(27)13-30-17-10-11-18(25(28)29)23-21(17)24/h1-11H,12-13H2,(H,22,26). The van der Waals surface area contributed by atoms with Gasteiger partial charge < -0.3 is 24.9 Å². The van der Waals surface area contributed by atoms with Crippen molar-refractivity contribution in [1.29, 1.82) is 0 Å². The molecule has 4 rings (SSSR count). The predicted molar refractivity (Wildman–Crippen MR) is 110 cm³/mol. The van der Waals surface area contributed by atoms with Crippen molar-refractivity contribution >= 4 is 29.1 Å². The fourth-order valence-electron chi connectivity index (χ4n) is 2.91. The number of amides is 2. The summed E-state index contributed by atoms with van der Waals surface area (Å²) in [7, 11) is 0. The second-order valence-electron chi connectivity index (χ2n) is 6.50. The molecule has 10 heteroatoms. The molecular formula is C21H16N4O6. The Hall–Kier alpha value is -4.47. The molecule has 2 amide bonds. The molecule has 0 fully saturated rings. The van der Waals surface area contributed by atoms with Crippen LogP contribution in [0.5, 0.6) is 17.2 Å². The maximum atomic E-state index is 12.5. The van der Waals surface area contributed by atoms with Crippen LogP contribution in [0.4, 0.5) is 17.3 Å². The molecule has 0 unspecified atom stereocenters. The Labute approximate surface area is 176 Å². The van der Waals surface area contributed by atoms with E-state index in [0.717, 1.165) is 4.90 Å². The topological polar surface area (TPSA) is 124 Å². The van der Waals surface area contributed by atoms with Crippen molar-refractivity contribution < 1.29 is 24.0 Å². The molecule has 1 aliphatic rings. The molecule has 0 radical (unpaired) electrons. The number of aromatic nitrogens is 1. The molecule has 2 aromatic carbocycles. The number of nitro groups is 1. The third-order valence-corrected chi connectivity index (χ3v) is 4.34. The molecule has 31 heavy (non-hydrogen) atoms. The first-order valence-electron chi connectivity index (χ1n) is 9.21. The molecule has 1 N–H and O–H groups in total. The summed E-state index contributed by atoms with van der Waals surface area (Å²) in [6.07, 6.45) is 0. The van der Waals surface area contributed by atoms with E-state index < -0.39 is 22.6 Å². The monoisotopic (exact) mass is 420 g/mol. The number of nitrogens with zero attached hydrogens (tertiary/aromatic N) is 3. The minimum atomic E-state index is -0.684. The summed E-state index contributed by atoms with van der Waals surface area (Å²) in [4.78, 5) is 39.9. The van der Waals surface area contributed by atoms with Crippen LogP contribution in [0.1, 0.15) is 0 Å². The number of hydrogen-bond donors (Lipinski definition) is 1. The van der Waals surface area contributed by atoms with Crippen LogP contribution in [0.3, 0.4) is 0 Å². The summed E-state index contributed by atoms with van der Waals surface area (Å²) in [6, 6.07) is 18.5. The minimum absolute atomic E-state index is 0.0628. The van der Waals surface area contributed by atoms with Crippen molar-refractivity contribution in [2.24, 2.45) is 0 Å². The highest BCUT2D eigenvalue weighted by Gasteiger charge is 2.33. The predicted octanol–water partition coefficient (Wildman–Crippen LogP) is 3.15. The van der Waals surface area contributed by atoms with Gasteiger partial charge in [0.15, 0.2) is 12.4 Å². The Morgan fingerprint density at radius 2 is 1.81 bits per heavy atom. The lowest BCUT2D eigenvalue weighted by atomic mass is 10.2. The lowest BCUT2D eigenvalue weighted by molar-refractivity contribution is -0.389. The van der Waals surface area contributed by atoms with Crippen LogP contribution in [0, 0.1) is 10.1 Å². The lowest BCUT2D eigenvalue weighted by Gasteiger charge is -2.24. The number of para-hydroxylation sites is 1. The van der Waals surface area contributed by atoms with Gasteiger partial charge >= 0.3 is 5.82 Å². The molecule has 10 nitrogen and oxygen atoms in total. The highest BCUT2D eigenvalue weighted by atomic mass is 16.6. The number of hydrogen-bond acceptors (Lipinski definition) is 7. The fourth-order valence-corrected chi connectivity index (χ4v) is 2.91. The maximum absolute atomic E-state index is 12.5. The molecule has 0 saturated carbocycles. The molecule has 1 aliphatic heterocycles. The maximum Gasteiger partial charge on any atom is 0.366 e. The Bertz CT molecular complexity index is 1130. The van der Waals surface area contributed by atoms with Gasteiger partial charge in [-0.15, -0.1) is 0 Å². The van der Waals surface area contributed by atoms with Gasteiger partial charge in [-0.2, -0.15) is 0 Å². The molecule has 0 spiro atoms. The fraction of sp³-hybridized carbons (Fsp3) is 0.0952. The summed E-state index contributed by atoms with van der Waals surface area (Å²) in [6.45, 7) is -0.656. The average molecular weight is 420 g/mol. The highest BCUT2D eigenvalue weighted by Crippen LogP contribution is 2.32. The lowest BCUT2D eigenvalue weighted by Crippen LogP contribution is -2.44. The molecule has 0 saturated heterocycles. The number of anilines is 2. The third kappa shape index (κ3) is 4.58. The van der Waals surface area contributed by atoms with E-state index in [4.69, 9.17) is 9.47 Å². The van der Waals surface area contributed by atoms with Crippen molar-refractivity contribution in [3.05, 3.63) is 76.8 Å². The summed E-state index contributed by atoms with van der Waals surface area (Å²) < 4.78 is 10.9. The minimum Gasteiger partial charge on any atom is -0.477 e. The first-order valence-corrected chi connectivity index (χ1v) is 9.21. The van der Waals surface area contributed by atoms with Crippen molar-refractivity contribution in [1.82, 2.24) is 4.98 Å². The molecule has 156 valence electrons. The van der Waals surface area contributed by atoms with Gasteiger partial charge in [-0.05, 0) is 52.4 Å². The Balaban J connectivity index is 1.43. The Morgan fingerprint density at radius 3 is 2.52 bits per heavy atom. The molecular weight excluding hydrogens is 404 g/mol. The van der Waals surface area contributed by atoms with E-state index in [1.807, 2.05) is 30.3 Å². The first-order chi connectivity index (χ1) is 15.0. The number of ether oxygens (including phenoxy) is 2. The van der Waals surface area contributed by atoms with Gasteiger partial charge in [0.25, 0.3) is 11.7 Å². The zero-order valence-electron chi connectivity index (χ0n) is 16.1. The third-order valence-electron chi connectivity index (χ3n) is 4.34. The van der Waals surface area contributed by atoms with E-state index in [2.05, 4.69) is 10.3 Å². The number of benzene rings is 2. The van der Waals surface area contributed by atoms with Crippen LogP contribution in [0.15, 0.2) is 66.7 Å². The van der Waals surface area contributed by atoms with Crippen molar-refractivity contribution in [3.8, 4) is 17.2 Å². The average Bonchev–Trinajstić information content (AvgIpc) is 2.77. The van der Waals surface area contributed by atoms with Gasteiger partial charge in [-0.3, -0.25) is 14.5 Å². The second kappa shape index (κ2) is 8.49. The highest BCUT2D eigenvalue weighted by molar-refractivity contribution is 6.04. The molecule has 3 aromatic rings. The first kappa shape index (κ1) is 19.8. The van der Waals surface area contributed by atoms with Crippen LogP contribution in [-0.2, 0) is 9.59 Å². The van der Waals surface area contributed by atoms with Gasteiger partial charge in [0, 0.05) is 11.8 Å². The Morgan fingerprint density at radius 1 is 1.10 bits per heavy atom. The second-order valence-corrected chi connectivity index (χ2v) is 6.50. The molecule has 0 atom stereocenters. The van der Waals surface area contributed by atoms with Crippen LogP contribution >= 0.6 is 0 Å². The van der Waals surface area contributed by atoms with Gasteiger partial charge in [-0.1, -0.05) is 18.2 Å². The van der Waals surface area contributed by atoms with E-state index in [9.17, 15) is 19.7 Å². The number of pyridine rings is 1. The van der Waals surface area contributed by atoms with Gasteiger partial charge in [0.2, 0.25) is 5.91 Å². The number of carbonyl (C=O) groups is 2. The van der Waals surface area contributed by atoms with Crippen LogP contribution in [0.2, 0.25) is 0 Å². The van der Waals surface area contributed by atoms with Crippen LogP contribution < -0.4 is 19.7 Å². The van der Waals surface area contributed by atoms with Crippen LogP contribution in [0.25, 0.3) is 0 Å². The molecule has 0 aliphatic carbocycles. The van der Waals surface area contributed by atoms with E-state index in [1.54, 1.807) is 24.3 Å². The number of nitrogens with one attached hydrogen (secondary N) is 1. The van der Waals surface area contributed by atoms with E-state index in [0.29, 0.717) is 17.2 Å². The largest absolute Gasteiger partial charge is 0.477 e. The van der Waals surface area contributed by atoms with E-state index in [-0.39, 0.29) is 24.7 Å². The summed E-state index contributed by atoms with van der Waals surface area (Å²) in [5.41, 5.74) is 0.498. The zero-order valence-corrected chi connectivity index (χ0v) is 16.1. The number of carbonyl (C=O) groups excluding carboxylic acids is 2. The van der Waals surface area contributed by atoms with Crippen LogP contribution in [-0.4, -0.2) is 34.9 Å². The van der Waals surface area contributed by atoms with Gasteiger partial charge in [0.1, 0.15) is 18.0 Å². The van der Waals surface area contributed by atoms with Crippen molar-refractivity contribution in [3.63, 3.8) is 0 Å². The van der Waals surface area contributed by atoms with E-state index in [1.165, 1.54) is 12.1 Å². The SMILES string of the molecule is O=C(CN1C(=O)COc2ccc([N+](=O)[O-])nc21)Nc1ccc(Oc2ccccc2)cc1. The summed E-state index contributed by atoms with van der Waals surface area (Å²) in [5, 5.41) is 13.7. The van der Waals surface area contributed by atoms with Gasteiger partial charge in [-0.25, -0.2) is 0 Å². The van der Waals surface area contributed by atoms with Crippen molar-refractivity contribution in [2.45, 2.75) is 0 Å². The normalized spacial score (nSPS) is 12.5. The zero-order chi connectivity index (χ0) is 21.8. The molecule has 1 aromatic heterocycles. The number of fused-ring (bicyclic) bond motifs is 1. The summed E-state index contributed by atoms with van der Waals surface area (Å²) >= 11 is 0.